The highest BCUT2D eigenvalue weighted by molar-refractivity contribution is 6.15. The molecule has 0 saturated heterocycles. The van der Waals surface area contributed by atoms with Crippen LogP contribution in [-0.2, 0) is 0 Å². The maximum absolute atomic E-state index is 8.87. The molecule has 0 unspecified atom stereocenters. The molecule has 0 N–H and O–H groups in total. The molecule has 54 heavy (non-hydrogen) atoms. The highest BCUT2D eigenvalue weighted by Gasteiger charge is 2.23. The SMILES string of the molecule is [2H]c1c([2H])c([2H])c(-c2cccc3c2oc2c(-c4nc(-c5ccccc5)nc(-c5cccc6ccccc56)n4)cc(-n4c5ccccc5c5ccccc54)cc23)c([2H])c1[2H]. The first kappa shape index (κ1) is 25.6. The fraction of sp³-hybridized carbons (Fsp3) is 0. The molecule has 0 aliphatic rings. The Balaban J connectivity index is 1.27. The maximum atomic E-state index is 8.87. The fourth-order valence-electron chi connectivity index (χ4n) is 7.72. The number of hydrogen-bond donors (Lipinski definition) is 0. The van der Waals surface area contributed by atoms with Gasteiger partial charge in [-0.25, -0.2) is 15.0 Å². The summed E-state index contributed by atoms with van der Waals surface area (Å²) in [6.07, 6.45) is 0. The second kappa shape index (κ2) is 12.1. The molecule has 5 heteroatoms. The van der Waals surface area contributed by atoms with Gasteiger partial charge in [0, 0.05) is 43.9 Å². The second-order valence-corrected chi connectivity index (χ2v) is 13.2. The molecule has 0 radical (unpaired) electrons. The van der Waals surface area contributed by atoms with E-state index < -0.39 is 18.1 Å². The minimum atomic E-state index is -0.454. The zero-order valence-corrected chi connectivity index (χ0v) is 28.6. The Morgan fingerprint density at radius 2 is 1.00 bits per heavy atom. The summed E-state index contributed by atoms with van der Waals surface area (Å²) in [5.74, 6) is 1.37. The van der Waals surface area contributed by atoms with Crippen molar-refractivity contribution in [3.63, 3.8) is 0 Å². The largest absolute Gasteiger partial charge is 0.455 e. The van der Waals surface area contributed by atoms with Gasteiger partial charge in [-0.1, -0.05) is 158 Å². The first-order valence-electron chi connectivity index (χ1n) is 20.2. The molecule has 252 valence electrons. The van der Waals surface area contributed by atoms with Crippen LogP contribution in [0.1, 0.15) is 6.85 Å². The van der Waals surface area contributed by atoms with Crippen molar-refractivity contribution in [3.8, 4) is 51.0 Å². The third-order valence-corrected chi connectivity index (χ3v) is 10.1. The number of fused-ring (bicyclic) bond motifs is 7. The van der Waals surface area contributed by atoms with E-state index in [0.717, 1.165) is 54.8 Å². The van der Waals surface area contributed by atoms with E-state index in [-0.39, 0.29) is 17.6 Å². The van der Waals surface area contributed by atoms with Gasteiger partial charge in [-0.3, -0.25) is 0 Å². The van der Waals surface area contributed by atoms with Crippen molar-refractivity contribution in [3.05, 3.63) is 182 Å². The molecule has 11 aromatic rings. The Kier molecular flexibility index (Phi) is 5.73. The molecule has 5 nitrogen and oxygen atoms in total. The summed E-state index contributed by atoms with van der Waals surface area (Å²) < 4.78 is 52.0. The first-order valence-corrected chi connectivity index (χ1v) is 17.7. The summed E-state index contributed by atoms with van der Waals surface area (Å²) in [4.78, 5) is 15.5. The van der Waals surface area contributed by atoms with Crippen molar-refractivity contribution < 1.29 is 11.3 Å². The Bertz CT molecular complexity index is 3440. The normalized spacial score (nSPS) is 13.0. The van der Waals surface area contributed by atoms with Crippen LogP contribution in [0.2, 0.25) is 0 Å². The van der Waals surface area contributed by atoms with E-state index in [0.29, 0.717) is 45.2 Å². The zero-order chi connectivity index (χ0) is 39.9. The number of hydrogen-bond acceptors (Lipinski definition) is 4. The van der Waals surface area contributed by atoms with Crippen molar-refractivity contribution in [2.45, 2.75) is 0 Å². The lowest BCUT2D eigenvalue weighted by Gasteiger charge is -2.13. The lowest BCUT2D eigenvalue weighted by molar-refractivity contribution is 0.670. The number of furan rings is 1. The highest BCUT2D eigenvalue weighted by atomic mass is 16.3. The maximum Gasteiger partial charge on any atom is 0.167 e. The average molecular weight is 696 g/mol. The van der Waals surface area contributed by atoms with Crippen LogP contribution in [-0.4, -0.2) is 19.5 Å². The van der Waals surface area contributed by atoms with Gasteiger partial charge >= 0.3 is 0 Å². The van der Waals surface area contributed by atoms with Gasteiger partial charge in [-0.05, 0) is 40.6 Å². The molecule has 0 aliphatic heterocycles. The van der Waals surface area contributed by atoms with Crippen LogP contribution >= 0.6 is 0 Å². The number of para-hydroxylation sites is 3. The molecule has 3 heterocycles. The molecular weight excluding hydrogens is 661 g/mol. The van der Waals surface area contributed by atoms with Gasteiger partial charge in [0.15, 0.2) is 17.5 Å². The molecule has 3 aromatic heterocycles. The van der Waals surface area contributed by atoms with Gasteiger partial charge < -0.3 is 8.98 Å². The van der Waals surface area contributed by atoms with E-state index in [1.165, 1.54) is 0 Å². The van der Waals surface area contributed by atoms with Gasteiger partial charge in [0.05, 0.1) is 23.5 Å². The van der Waals surface area contributed by atoms with E-state index in [1.807, 2.05) is 97.1 Å². The van der Waals surface area contributed by atoms with E-state index in [9.17, 15) is 0 Å². The van der Waals surface area contributed by atoms with Crippen LogP contribution in [0.4, 0.5) is 0 Å². The van der Waals surface area contributed by atoms with Gasteiger partial charge in [-0.15, -0.1) is 0 Å². The fourth-order valence-corrected chi connectivity index (χ4v) is 7.72. The molecule has 0 bridgehead atoms. The van der Waals surface area contributed by atoms with E-state index in [2.05, 4.69) is 53.1 Å². The summed E-state index contributed by atoms with van der Waals surface area (Å²) in [6, 6.07) is 48.4. The predicted octanol–water partition coefficient (Wildman–Crippen LogP) is 12.7. The highest BCUT2D eigenvalue weighted by Crippen LogP contribution is 2.43. The lowest BCUT2D eigenvalue weighted by Crippen LogP contribution is -2.02. The lowest BCUT2D eigenvalue weighted by atomic mass is 10.0. The Morgan fingerprint density at radius 3 is 1.78 bits per heavy atom. The topological polar surface area (TPSA) is 56.7 Å². The monoisotopic (exact) mass is 695 g/mol. The molecular formula is C49H30N4O. The quantitative estimate of drug-likeness (QED) is 0.180. The number of benzene rings is 8. The van der Waals surface area contributed by atoms with Crippen LogP contribution in [0.15, 0.2) is 186 Å². The summed E-state index contributed by atoms with van der Waals surface area (Å²) in [5.41, 5.74) is 6.47. The Labute approximate surface area is 317 Å². The summed E-state index contributed by atoms with van der Waals surface area (Å²) >= 11 is 0. The van der Waals surface area contributed by atoms with Crippen molar-refractivity contribution in [2.75, 3.05) is 0 Å². The zero-order valence-electron chi connectivity index (χ0n) is 33.6. The summed E-state index contributed by atoms with van der Waals surface area (Å²) in [6.45, 7) is 0. The molecule has 0 atom stereocenters. The molecule has 0 amide bonds. The van der Waals surface area contributed by atoms with Crippen LogP contribution in [0, 0.1) is 0 Å². The molecule has 8 aromatic carbocycles. The molecule has 11 rings (SSSR count). The minimum absolute atomic E-state index is 0.0644. The smallest absolute Gasteiger partial charge is 0.167 e. The number of aromatic nitrogens is 4. The average Bonchev–Trinajstić information content (AvgIpc) is 3.84. The van der Waals surface area contributed by atoms with Crippen molar-refractivity contribution in [1.82, 2.24) is 19.5 Å². The third-order valence-electron chi connectivity index (χ3n) is 10.1. The van der Waals surface area contributed by atoms with Crippen molar-refractivity contribution in [2.24, 2.45) is 0 Å². The van der Waals surface area contributed by atoms with Gasteiger partial charge in [-0.2, -0.15) is 0 Å². The summed E-state index contributed by atoms with van der Waals surface area (Å²) in [7, 11) is 0. The van der Waals surface area contributed by atoms with Crippen LogP contribution in [0.25, 0.3) is 105 Å². The van der Waals surface area contributed by atoms with Crippen LogP contribution in [0.5, 0.6) is 0 Å². The minimum Gasteiger partial charge on any atom is -0.455 e. The molecule has 0 aliphatic carbocycles. The Morgan fingerprint density at radius 1 is 0.426 bits per heavy atom. The second-order valence-electron chi connectivity index (χ2n) is 13.2. The van der Waals surface area contributed by atoms with E-state index in [4.69, 9.17) is 26.2 Å². The number of rotatable bonds is 5. The van der Waals surface area contributed by atoms with Gasteiger partial charge in [0.1, 0.15) is 11.2 Å². The predicted molar refractivity (Wildman–Crippen MR) is 221 cm³/mol. The summed E-state index contributed by atoms with van der Waals surface area (Å²) in [5, 5.41) is 5.73. The molecule has 0 spiro atoms. The van der Waals surface area contributed by atoms with Crippen LogP contribution in [0.3, 0.4) is 0 Å². The molecule has 0 fully saturated rings. The third kappa shape index (κ3) is 4.76. The van der Waals surface area contributed by atoms with Crippen LogP contribution < -0.4 is 0 Å². The van der Waals surface area contributed by atoms with Gasteiger partial charge in [0.2, 0.25) is 0 Å². The molecule has 0 saturated carbocycles. The van der Waals surface area contributed by atoms with E-state index in [1.54, 1.807) is 6.07 Å². The van der Waals surface area contributed by atoms with Crippen molar-refractivity contribution in [1.29, 1.82) is 0 Å². The van der Waals surface area contributed by atoms with E-state index >= 15 is 0 Å². The standard InChI is InChI=1S/C49H30N4O/c1-3-15-32(16-4-1)36-24-14-25-39-41-29-34(53-43-27-11-9-22-37(43)38-23-10-12-28-44(38)53)30-42(46(41)54-45(36)39)49-51-47(33-18-5-2-6-19-33)50-48(52-49)40-26-13-20-31-17-7-8-21-35(31)40/h1-30H/i1D,3D,4D,15D,16D. The number of nitrogens with zero attached hydrogens (tertiary/aromatic N) is 4. The van der Waals surface area contributed by atoms with Crippen molar-refractivity contribution >= 4 is 54.5 Å². The first-order chi connectivity index (χ1) is 28.9. The Hall–Kier alpha value is -7.37. The van der Waals surface area contributed by atoms with Gasteiger partial charge in [0.25, 0.3) is 0 Å².